The van der Waals surface area contributed by atoms with Crippen LogP contribution in [0.15, 0.2) is 28.3 Å². The molecule has 0 saturated carbocycles. The molecule has 0 bridgehead atoms. The fraction of sp³-hybridized carbons (Fsp3) is 0.417. The van der Waals surface area contributed by atoms with Gasteiger partial charge in [0.2, 0.25) is 5.16 Å². The molecular weight excluding hydrogens is 250 g/mol. The molecule has 2 atom stereocenters. The van der Waals surface area contributed by atoms with Gasteiger partial charge < -0.3 is 0 Å². The predicted octanol–water partition coefficient (Wildman–Crippen LogP) is 1.50. The minimum atomic E-state index is -1.25. The Morgan fingerprint density at radius 2 is 2.17 bits per heavy atom. The van der Waals surface area contributed by atoms with Gasteiger partial charge in [-0.1, -0.05) is 6.92 Å². The summed E-state index contributed by atoms with van der Waals surface area (Å²) in [6, 6.07) is 3.26. The predicted molar refractivity (Wildman–Crippen MR) is 71.1 cm³/mol. The van der Waals surface area contributed by atoms with Crippen molar-refractivity contribution in [1.29, 1.82) is 0 Å². The van der Waals surface area contributed by atoms with Gasteiger partial charge in [-0.15, -0.1) is 0 Å². The first-order valence-corrected chi connectivity index (χ1v) is 7.32. The second kappa shape index (κ2) is 4.97. The zero-order chi connectivity index (χ0) is 13.3. The maximum Gasteiger partial charge on any atom is 0.252 e. The van der Waals surface area contributed by atoms with Crippen molar-refractivity contribution in [1.82, 2.24) is 14.5 Å². The lowest BCUT2D eigenvalue weighted by Gasteiger charge is -2.15. The second-order valence-corrected chi connectivity index (χ2v) is 5.46. The number of hydrogen-bond acceptors (Lipinski definition) is 4. The molecule has 0 saturated heterocycles. The van der Waals surface area contributed by atoms with Gasteiger partial charge in [0, 0.05) is 29.9 Å². The molecule has 0 radical (unpaired) electrons. The van der Waals surface area contributed by atoms with Crippen molar-refractivity contribution >= 4 is 21.8 Å². The Morgan fingerprint density at radius 1 is 1.44 bits per heavy atom. The molecule has 96 valence electrons. The first-order chi connectivity index (χ1) is 8.54. The zero-order valence-electron chi connectivity index (χ0n) is 10.6. The van der Waals surface area contributed by atoms with Crippen LogP contribution in [0.4, 0.5) is 0 Å². The Morgan fingerprint density at radius 3 is 2.78 bits per heavy atom. The van der Waals surface area contributed by atoms with Crippen molar-refractivity contribution in [3.63, 3.8) is 0 Å². The monoisotopic (exact) mass is 265 g/mol. The summed E-state index contributed by atoms with van der Waals surface area (Å²) < 4.78 is 13.1. The van der Waals surface area contributed by atoms with E-state index in [1.165, 1.54) is 12.3 Å². The summed E-state index contributed by atoms with van der Waals surface area (Å²) in [7, 11) is -1.25. The van der Waals surface area contributed by atoms with Gasteiger partial charge in [-0.2, -0.15) is 0 Å². The minimum Gasteiger partial charge on any atom is -0.290 e. The summed E-state index contributed by atoms with van der Waals surface area (Å²) in [6.45, 7) is 3.97. The third-order valence-corrected chi connectivity index (χ3v) is 3.64. The Bertz CT molecular complexity index is 666. The van der Waals surface area contributed by atoms with E-state index >= 15 is 0 Å². The molecule has 5 nitrogen and oxygen atoms in total. The van der Waals surface area contributed by atoms with Crippen LogP contribution in [-0.2, 0) is 10.8 Å². The van der Waals surface area contributed by atoms with Gasteiger partial charge in [0.15, 0.2) is 0 Å². The first-order valence-electron chi connectivity index (χ1n) is 5.76. The molecule has 0 aromatic carbocycles. The van der Waals surface area contributed by atoms with E-state index in [0.717, 1.165) is 11.8 Å². The Labute approximate surface area is 107 Å². The normalized spacial score (nSPS) is 14.6. The van der Waals surface area contributed by atoms with Gasteiger partial charge in [-0.25, -0.2) is 9.97 Å². The number of rotatable bonds is 3. The maximum absolute atomic E-state index is 11.9. The van der Waals surface area contributed by atoms with E-state index in [1.807, 2.05) is 13.8 Å². The quantitative estimate of drug-likeness (QED) is 0.789. The van der Waals surface area contributed by atoms with Gasteiger partial charge in [0.25, 0.3) is 5.56 Å². The van der Waals surface area contributed by atoms with E-state index in [9.17, 15) is 9.00 Å². The number of fused-ring (bicyclic) bond motifs is 1. The van der Waals surface area contributed by atoms with Crippen LogP contribution >= 0.6 is 0 Å². The molecular formula is C12H15N3O2S. The maximum atomic E-state index is 11.9. The highest BCUT2D eigenvalue weighted by molar-refractivity contribution is 7.84. The lowest BCUT2D eigenvalue weighted by Crippen LogP contribution is -2.23. The SMILES string of the molecule is CCC(C)n1c(=O)ccc2cnc(S(C)=O)nc21. The van der Waals surface area contributed by atoms with Crippen molar-refractivity contribution in [2.75, 3.05) is 6.26 Å². The molecule has 0 aliphatic carbocycles. The molecule has 0 aliphatic rings. The first kappa shape index (κ1) is 12.9. The number of pyridine rings is 1. The highest BCUT2D eigenvalue weighted by atomic mass is 32.2. The fourth-order valence-corrected chi connectivity index (χ4v) is 2.19. The van der Waals surface area contributed by atoms with E-state index < -0.39 is 10.8 Å². The van der Waals surface area contributed by atoms with E-state index in [-0.39, 0.29) is 16.8 Å². The fourth-order valence-electron chi connectivity index (χ4n) is 1.77. The molecule has 6 heteroatoms. The van der Waals surface area contributed by atoms with Crippen molar-refractivity contribution < 1.29 is 4.21 Å². The van der Waals surface area contributed by atoms with Crippen LogP contribution in [-0.4, -0.2) is 25.0 Å². The molecule has 0 aliphatic heterocycles. The van der Waals surface area contributed by atoms with Crippen LogP contribution in [0.3, 0.4) is 0 Å². The van der Waals surface area contributed by atoms with Crippen LogP contribution in [0.2, 0.25) is 0 Å². The number of hydrogen-bond donors (Lipinski definition) is 0. The summed E-state index contributed by atoms with van der Waals surface area (Å²) in [5, 5.41) is 1.04. The Kier molecular flexibility index (Phi) is 3.56. The second-order valence-electron chi connectivity index (χ2n) is 4.18. The molecule has 0 amide bonds. The van der Waals surface area contributed by atoms with Crippen molar-refractivity contribution in [3.8, 4) is 0 Å². The summed E-state index contributed by atoms with van der Waals surface area (Å²) in [5.74, 6) is 0. The lowest BCUT2D eigenvalue weighted by molar-refractivity contribution is 0.526. The molecule has 0 fully saturated rings. The van der Waals surface area contributed by atoms with Crippen molar-refractivity contribution in [2.24, 2.45) is 0 Å². The summed E-state index contributed by atoms with van der Waals surface area (Å²) >= 11 is 0. The standard InChI is InChI=1S/C12H15N3O2S/c1-4-8(2)15-10(16)6-5-9-7-13-12(18(3)17)14-11(9)15/h5-8H,4H2,1-3H3. The minimum absolute atomic E-state index is 0.0502. The van der Waals surface area contributed by atoms with Crippen molar-refractivity contribution in [2.45, 2.75) is 31.5 Å². The third kappa shape index (κ3) is 2.20. The zero-order valence-corrected chi connectivity index (χ0v) is 11.4. The molecule has 2 aromatic rings. The largest absolute Gasteiger partial charge is 0.290 e. The summed E-state index contributed by atoms with van der Waals surface area (Å²) in [4.78, 5) is 20.2. The number of nitrogens with zero attached hydrogens (tertiary/aromatic N) is 3. The molecule has 2 aromatic heterocycles. The highest BCUT2D eigenvalue weighted by Gasteiger charge is 2.12. The summed E-state index contributed by atoms with van der Waals surface area (Å²) in [6.07, 6.45) is 3.96. The van der Waals surface area contributed by atoms with Crippen LogP contribution in [0.25, 0.3) is 11.0 Å². The molecule has 0 spiro atoms. The average Bonchev–Trinajstić information content (AvgIpc) is 2.37. The highest BCUT2D eigenvalue weighted by Crippen LogP contribution is 2.15. The molecule has 2 heterocycles. The van der Waals surface area contributed by atoms with E-state index in [2.05, 4.69) is 9.97 Å². The third-order valence-electron chi connectivity index (χ3n) is 2.93. The molecule has 2 unspecified atom stereocenters. The number of aromatic nitrogens is 3. The average molecular weight is 265 g/mol. The van der Waals surface area contributed by atoms with Gasteiger partial charge in [0.05, 0.1) is 10.8 Å². The molecule has 2 rings (SSSR count). The van der Waals surface area contributed by atoms with Gasteiger partial charge in [0.1, 0.15) is 5.65 Å². The Balaban J connectivity index is 2.80. The van der Waals surface area contributed by atoms with Crippen LogP contribution in [0.5, 0.6) is 0 Å². The van der Waals surface area contributed by atoms with Gasteiger partial charge in [-0.3, -0.25) is 13.6 Å². The van der Waals surface area contributed by atoms with Crippen LogP contribution < -0.4 is 5.56 Å². The van der Waals surface area contributed by atoms with E-state index in [0.29, 0.717) is 5.65 Å². The molecule has 18 heavy (non-hydrogen) atoms. The van der Waals surface area contributed by atoms with E-state index in [4.69, 9.17) is 0 Å². The lowest BCUT2D eigenvalue weighted by atomic mass is 10.2. The smallest absolute Gasteiger partial charge is 0.252 e. The summed E-state index contributed by atoms with van der Waals surface area (Å²) in [5.41, 5.74) is 0.459. The molecule has 0 N–H and O–H groups in total. The van der Waals surface area contributed by atoms with Crippen molar-refractivity contribution in [3.05, 3.63) is 28.7 Å². The van der Waals surface area contributed by atoms with Crippen LogP contribution in [0, 0.1) is 0 Å². The van der Waals surface area contributed by atoms with Crippen LogP contribution in [0.1, 0.15) is 26.3 Å². The van der Waals surface area contributed by atoms with Gasteiger partial charge >= 0.3 is 0 Å². The van der Waals surface area contributed by atoms with E-state index in [1.54, 1.807) is 16.8 Å². The topological polar surface area (TPSA) is 64.8 Å². The van der Waals surface area contributed by atoms with Gasteiger partial charge in [-0.05, 0) is 19.4 Å². The Hall–Kier alpha value is -1.56.